The first kappa shape index (κ1) is 23.0. The molecule has 0 aliphatic carbocycles. The lowest BCUT2D eigenvalue weighted by molar-refractivity contribution is 0.208. The van der Waals surface area contributed by atoms with E-state index in [9.17, 15) is 22.7 Å². The van der Waals surface area contributed by atoms with Crippen LogP contribution in [0.15, 0.2) is 92.2 Å². The van der Waals surface area contributed by atoms with Crippen molar-refractivity contribution >= 4 is 43.7 Å². The minimum absolute atomic E-state index is 0.0424. The summed E-state index contributed by atoms with van der Waals surface area (Å²) in [5.74, 6) is -0.809. The van der Waals surface area contributed by atoms with Crippen LogP contribution < -0.4 is 10.9 Å². The number of hydrogen-bond donors (Lipinski definition) is 2. The highest BCUT2D eigenvalue weighted by Crippen LogP contribution is 2.30. The summed E-state index contributed by atoms with van der Waals surface area (Å²) in [6.45, 7) is 0. The summed E-state index contributed by atoms with van der Waals surface area (Å²) in [7, 11) is -3.73. The van der Waals surface area contributed by atoms with E-state index in [2.05, 4.69) is 10.5 Å². The lowest BCUT2D eigenvalue weighted by Gasteiger charge is -2.27. The maximum atomic E-state index is 13.7. The van der Waals surface area contributed by atoms with E-state index >= 15 is 0 Å². The average molecular weight is 514 g/mol. The average Bonchev–Trinajstić information content (AvgIpc) is 3.32. The minimum Gasteiger partial charge on any atom is -0.368 e. The third kappa shape index (κ3) is 4.39. The van der Waals surface area contributed by atoms with Gasteiger partial charge < -0.3 is 14.9 Å². The smallest absolute Gasteiger partial charge is 0.255 e. The first-order chi connectivity index (χ1) is 16.7. The lowest BCUT2D eigenvalue weighted by atomic mass is 10.1. The number of pyridine rings is 1. The van der Waals surface area contributed by atoms with Crippen molar-refractivity contribution in [3.8, 4) is 0 Å². The van der Waals surface area contributed by atoms with Crippen LogP contribution in [-0.4, -0.2) is 29.5 Å². The SMILES string of the molecule is O=c1ccc2cc(S(=O)(=O)Cc3ccon3)ccc2n1C1=CC(Cl)=C(c2cccc(F)c2)NC1O. The first-order valence-corrected chi connectivity index (χ1v) is 12.4. The predicted octanol–water partition coefficient (Wildman–Crippen LogP) is 3.47. The number of halogens is 2. The van der Waals surface area contributed by atoms with E-state index in [1.165, 1.54) is 71.5 Å². The number of aliphatic hydroxyl groups is 1. The summed E-state index contributed by atoms with van der Waals surface area (Å²) >= 11 is 6.43. The molecule has 1 atom stereocenters. The topological polar surface area (TPSA) is 114 Å². The normalized spacial score (nSPS) is 16.3. The number of rotatable bonds is 5. The molecule has 0 spiro atoms. The summed E-state index contributed by atoms with van der Waals surface area (Å²) in [5.41, 5.74) is 1.04. The Hall–Kier alpha value is -3.73. The van der Waals surface area contributed by atoms with Gasteiger partial charge >= 0.3 is 0 Å². The maximum absolute atomic E-state index is 13.7. The van der Waals surface area contributed by atoms with Crippen LogP contribution >= 0.6 is 11.6 Å². The molecule has 4 aromatic rings. The van der Waals surface area contributed by atoms with Crippen molar-refractivity contribution in [2.75, 3.05) is 0 Å². The number of hydrogen-bond acceptors (Lipinski definition) is 7. The third-order valence-corrected chi connectivity index (χ3v) is 7.45. The molecule has 178 valence electrons. The Bertz CT molecular complexity index is 1680. The standard InChI is InChI=1S/C24H17ClFN3O5S/c25-19-12-21(24(31)27-23(19)15-2-1-3-16(26)10-15)29-20-6-5-18(11-14(20)4-7-22(29)30)35(32,33)13-17-8-9-34-28-17/h1-12,24,27,31H,13H2. The van der Waals surface area contributed by atoms with Crippen molar-refractivity contribution in [1.29, 1.82) is 0 Å². The Labute approximate surface area is 203 Å². The van der Waals surface area contributed by atoms with Crippen molar-refractivity contribution in [2.24, 2.45) is 0 Å². The van der Waals surface area contributed by atoms with Gasteiger partial charge in [-0.1, -0.05) is 28.9 Å². The maximum Gasteiger partial charge on any atom is 0.255 e. The quantitative estimate of drug-likeness (QED) is 0.420. The summed E-state index contributed by atoms with van der Waals surface area (Å²) < 4.78 is 45.3. The van der Waals surface area contributed by atoms with Gasteiger partial charge in [0.15, 0.2) is 16.1 Å². The highest BCUT2D eigenvalue weighted by molar-refractivity contribution is 7.90. The molecule has 0 amide bonds. The molecule has 1 aliphatic rings. The van der Waals surface area contributed by atoms with E-state index in [1.807, 2.05) is 0 Å². The van der Waals surface area contributed by atoms with E-state index in [0.717, 1.165) is 0 Å². The van der Waals surface area contributed by atoms with Gasteiger partial charge in [0, 0.05) is 23.1 Å². The van der Waals surface area contributed by atoms with Crippen LogP contribution in [0.5, 0.6) is 0 Å². The van der Waals surface area contributed by atoms with Gasteiger partial charge in [0.25, 0.3) is 5.56 Å². The molecular formula is C24H17ClFN3O5S. The molecule has 1 unspecified atom stereocenters. The zero-order valence-corrected chi connectivity index (χ0v) is 19.4. The molecule has 8 nitrogen and oxygen atoms in total. The van der Waals surface area contributed by atoms with Gasteiger partial charge in [0.2, 0.25) is 0 Å². The summed E-state index contributed by atoms with van der Waals surface area (Å²) in [6, 6.07) is 14.2. The van der Waals surface area contributed by atoms with Crippen molar-refractivity contribution in [1.82, 2.24) is 15.0 Å². The highest BCUT2D eigenvalue weighted by atomic mass is 35.5. The largest absolute Gasteiger partial charge is 0.368 e. The van der Waals surface area contributed by atoms with Gasteiger partial charge in [-0.3, -0.25) is 9.36 Å². The molecule has 2 aromatic heterocycles. The van der Waals surface area contributed by atoms with Crippen LogP contribution in [-0.2, 0) is 15.6 Å². The zero-order valence-electron chi connectivity index (χ0n) is 17.9. The third-order valence-electron chi connectivity index (χ3n) is 5.50. The molecule has 11 heteroatoms. The number of benzene rings is 2. The minimum atomic E-state index is -3.73. The van der Waals surface area contributed by atoms with Gasteiger partial charge in [-0.05, 0) is 42.5 Å². The fourth-order valence-electron chi connectivity index (χ4n) is 3.89. The van der Waals surface area contributed by atoms with Crippen LogP contribution in [0.1, 0.15) is 11.3 Å². The lowest BCUT2D eigenvalue weighted by Crippen LogP contribution is -2.37. The molecule has 0 fully saturated rings. The first-order valence-electron chi connectivity index (χ1n) is 10.3. The zero-order chi connectivity index (χ0) is 24.7. The summed E-state index contributed by atoms with van der Waals surface area (Å²) in [4.78, 5) is 12.9. The second-order valence-corrected chi connectivity index (χ2v) is 10.2. The van der Waals surface area contributed by atoms with Crippen molar-refractivity contribution in [3.05, 3.63) is 105 Å². The highest BCUT2D eigenvalue weighted by Gasteiger charge is 2.25. The molecular weight excluding hydrogens is 497 g/mol. The fourth-order valence-corrected chi connectivity index (χ4v) is 5.45. The number of nitrogens with zero attached hydrogens (tertiary/aromatic N) is 2. The molecule has 5 rings (SSSR count). The van der Waals surface area contributed by atoms with Crippen molar-refractivity contribution in [2.45, 2.75) is 16.9 Å². The molecule has 0 bridgehead atoms. The van der Waals surface area contributed by atoms with E-state index in [4.69, 9.17) is 16.1 Å². The molecule has 3 heterocycles. The van der Waals surface area contributed by atoms with Crippen molar-refractivity contribution in [3.63, 3.8) is 0 Å². The number of aromatic nitrogens is 2. The summed E-state index contributed by atoms with van der Waals surface area (Å²) in [5, 5.41) is 17.9. The molecule has 1 aliphatic heterocycles. The molecule has 0 saturated heterocycles. The second kappa shape index (κ2) is 8.81. The molecule has 2 aromatic carbocycles. The van der Waals surface area contributed by atoms with E-state index in [0.29, 0.717) is 22.2 Å². The second-order valence-electron chi connectivity index (χ2n) is 7.83. The Morgan fingerprint density at radius 1 is 1.14 bits per heavy atom. The number of dihydropyridines is 1. The van der Waals surface area contributed by atoms with Gasteiger partial charge in [0.1, 0.15) is 17.8 Å². The Balaban J connectivity index is 1.59. The van der Waals surface area contributed by atoms with Gasteiger partial charge in [-0.25, -0.2) is 12.8 Å². The van der Waals surface area contributed by atoms with Crippen LogP contribution in [0.4, 0.5) is 4.39 Å². The van der Waals surface area contributed by atoms with E-state index < -0.39 is 27.4 Å². The van der Waals surface area contributed by atoms with Gasteiger partial charge in [-0.2, -0.15) is 0 Å². The molecule has 0 radical (unpaired) electrons. The molecule has 2 N–H and O–H groups in total. The number of allylic oxidation sites excluding steroid dienone is 2. The number of nitrogens with one attached hydrogen (secondary N) is 1. The van der Waals surface area contributed by atoms with E-state index in [-0.39, 0.29) is 27.1 Å². The number of aliphatic hydroxyl groups excluding tert-OH is 1. The van der Waals surface area contributed by atoms with Crippen LogP contribution in [0, 0.1) is 5.82 Å². The Morgan fingerprint density at radius 3 is 2.71 bits per heavy atom. The van der Waals surface area contributed by atoms with Crippen LogP contribution in [0.2, 0.25) is 0 Å². The summed E-state index contributed by atoms with van der Waals surface area (Å²) in [6.07, 6.45) is 1.36. The van der Waals surface area contributed by atoms with E-state index in [1.54, 1.807) is 6.07 Å². The number of sulfone groups is 1. The fraction of sp³-hybridized carbons (Fsp3) is 0.0833. The van der Waals surface area contributed by atoms with Gasteiger partial charge in [0.05, 0.1) is 32.5 Å². The predicted molar refractivity (Wildman–Crippen MR) is 128 cm³/mol. The monoisotopic (exact) mass is 513 g/mol. The Morgan fingerprint density at radius 2 is 1.97 bits per heavy atom. The number of fused-ring (bicyclic) bond motifs is 1. The molecule has 0 saturated carbocycles. The Kier molecular flexibility index (Phi) is 5.79. The van der Waals surface area contributed by atoms with Crippen LogP contribution in [0.3, 0.4) is 0 Å². The van der Waals surface area contributed by atoms with Crippen molar-refractivity contribution < 1.29 is 22.4 Å². The molecule has 35 heavy (non-hydrogen) atoms. The van der Waals surface area contributed by atoms with Gasteiger partial charge in [-0.15, -0.1) is 0 Å². The van der Waals surface area contributed by atoms with Crippen LogP contribution in [0.25, 0.3) is 22.3 Å².